The Balaban J connectivity index is 1.98. The molecule has 1 atom stereocenters. The number of ether oxygens (including phenoxy) is 2. The van der Waals surface area contributed by atoms with Gasteiger partial charge in [-0.2, -0.15) is 0 Å². The summed E-state index contributed by atoms with van der Waals surface area (Å²) in [6, 6.07) is 1.76. The minimum Gasteiger partial charge on any atom is -0.381 e. The molecule has 7 heteroatoms. The van der Waals surface area contributed by atoms with E-state index >= 15 is 0 Å². The lowest BCUT2D eigenvalue weighted by Gasteiger charge is -2.47. The van der Waals surface area contributed by atoms with E-state index in [1.807, 2.05) is 18.7 Å². The van der Waals surface area contributed by atoms with E-state index in [0.717, 1.165) is 18.5 Å². The third-order valence-corrected chi connectivity index (χ3v) is 4.59. The van der Waals surface area contributed by atoms with E-state index < -0.39 is 0 Å². The second-order valence-electron chi connectivity index (χ2n) is 6.61. The van der Waals surface area contributed by atoms with E-state index in [2.05, 4.69) is 4.98 Å². The highest BCUT2D eigenvalue weighted by Crippen LogP contribution is 2.37. The first-order valence-electron chi connectivity index (χ1n) is 8.03. The van der Waals surface area contributed by atoms with Gasteiger partial charge in [-0.3, -0.25) is 10.1 Å². The van der Waals surface area contributed by atoms with Gasteiger partial charge in [-0.15, -0.1) is 0 Å². The van der Waals surface area contributed by atoms with E-state index in [-0.39, 0.29) is 22.3 Å². The average molecular weight is 321 g/mol. The van der Waals surface area contributed by atoms with Crippen molar-refractivity contribution >= 4 is 11.5 Å². The molecule has 2 aliphatic rings. The van der Waals surface area contributed by atoms with Crippen LogP contribution in [0, 0.1) is 24.0 Å². The number of aryl methyl sites for hydroxylation is 2. The number of pyridine rings is 1. The van der Waals surface area contributed by atoms with Crippen molar-refractivity contribution in [1.82, 2.24) is 4.98 Å². The first-order valence-corrected chi connectivity index (χ1v) is 8.03. The van der Waals surface area contributed by atoms with Gasteiger partial charge in [0.2, 0.25) is 5.82 Å². The first kappa shape index (κ1) is 16.1. The molecule has 2 fully saturated rings. The molecule has 1 aromatic rings. The molecule has 126 valence electrons. The molecule has 1 aromatic heterocycles. The van der Waals surface area contributed by atoms with Gasteiger partial charge in [-0.25, -0.2) is 4.98 Å². The molecule has 3 heterocycles. The molecule has 2 saturated heterocycles. The number of aromatic nitrogens is 1. The lowest BCUT2D eigenvalue weighted by molar-refractivity contribution is -0.385. The van der Waals surface area contributed by atoms with Crippen LogP contribution in [-0.4, -0.2) is 47.9 Å². The zero-order chi connectivity index (χ0) is 16.6. The second-order valence-corrected chi connectivity index (χ2v) is 6.61. The Kier molecular flexibility index (Phi) is 4.25. The van der Waals surface area contributed by atoms with Crippen molar-refractivity contribution in [3.05, 3.63) is 27.4 Å². The number of nitrogens with zero attached hydrogens (tertiary/aromatic N) is 3. The number of hydrogen-bond acceptors (Lipinski definition) is 6. The summed E-state index contributed by atoms with van der Waals surface area (Å²) in [7, 11) is 0. The molecule has 1 unspecified atom stereocenters. The number of rotatable bonds is 2. The van der Waals surface area contributed by atoms with Crippen molar-refractivity contribution in [2.45, 2.75) is 45.3 Å². The zero-order valence-electron chi connectivity index (χ0n) is 13.9. The number of hydrogen-bond donors (Lipinski definition) is 0. The fraction of sp³-hybridized carbons (Fsp3) is 0.688. The van der Waals surface area contributed by atoms with Crippen LogP contribution in [0.5, 0.6) is 0 Å². The fourth-order valence-electron chi connectivity index (χ4n) is 3.66. The fourth-order valence-corrected chi connectivity index (χ4v) is 3.66. The second kappa shape index (κ2) is 6.05. The molecule has 0 bridgehead atoms. The maximum atomic E-state index is 11.5. The SMILES string of the molecule is Cc1cc(C)c([N+](=O)[O-])c(N2CC(C)OC3(CCOCC3)C2)n1. The molecular weight excluding hydrogens is 298 g/mol. The molecule has 0 aromatic carbocycles. The summed E-state index contributed by atoms with van der Waals surface area (Å²) in [4.78, 5) is 17.7. The Hall–Kier alpha value is -1.73. The number of nitro groups is 1. The van der Waals surface area contributed by atoms with Gasteiger partial charge >= 0.3 is 5.69 Å². The normalized spacial score (nSPS) is 24.0. The third kappa shape index (κ3) is 3.16. The predicted octanol–water partition coefficient (Wildman–Crippen LogP) is 2.38. The van der Waals surface area contributed by atoms with Crippen molar-refractivity contribution in [1.29, 1.82) is 0 Å². The van der Waals surface area contributed by atoms with Gasteiger partial charge in [0, 0.05) is 50.4 Å². The Labute approximate surface area is 135 Å². The van der Waals surface area contributed by atoms with Crippen LogP contribution in [0.25, 0.3) is 0 Å². The van der Waals surface area contributed by atoms with Gasteiger partial charge in [0.25, 0.3) is 0 Å². The van der Waals surface area contributed by atoms with Crippen molar-refractivity contribution < 1.29 is 14.4 Å². The van der Waals surface area contributed by atoms with Gasteiger partial charge in [-0.05, 0) is 26.8 Å². The van der Waals surface area contributed by atoms with Crippen LogP contribution in [-0.2, 0) is 9.47 Å². The third-order valence-electron chi connectivity index (χ3n) is 4.59. The Morgan fingerprint density at radius 2 is 2.09 bits per heavy atom. The summed E-state index contributed by atoms with van der Waals surface area (Å²) in [5.41, 5.74) is 1.26. The molecular formula is C16H23N3O4. The summed E-state index contributed by atoms with van der Waals surface area (Å²) in [5.74, 6) is 0.466. The molecule has 7 nitrogen and oxygen atoms in total. The Morgan fingerprint density at radius 1 is 1.39 bits per heavy atom. The lowest BCUT2D eigenvalue weighted by Crippen LogP contribution is -2.57. The van der Waals surface area contributed by atoms with Crippen LogP contribution >= 0.6 is 0 Å². The van der Waals surface area contributed by atoms with E-state index in [4.69, 9.17) is 9.47 Å². The van der Waals surface area contributed by atoms with Gasteiger partial charge < -0.3 is 14.4 Å². The summed E-state index contributed by atoms with van der Waals surface area (Å²) in [5, 5.41) is 11.5. The topological polar surface area (TPSA) is 77.7 Å². The lowest BCUT2D eigenvalue weighted by atomic mass is 9.91. The van der Waals surface area contributed by atoms with Crippen LogP contribution in [0.2, 0.25) is 0 Å². The van der Waals surface area contributed by atoms with Crippen LogP contribution in [0.15, 0.2) is 6.07 Å². The molecule has 2 aliphatic heterocycles. The maximum absolute atomic E-state index is 11.5. The van der Waals surface area contributed by atoms with Gasteiger partial charge in [0.1, 0.15) is 0 Å². The van der Waals surface area contributed by atoms with Crippen LogP contribution in [0.1, 0.15) is 31.0 Å². The van der Waals surface area contributed by atoms with Gasteiger partial charge in [0.15, 0.2) is 0 Å². The van der Waals surface area contributed by atoms with E-state index in [0.29, 0.717) is 37.7 Å². The average Bonchev–Trinajstić information content (AvgIpc) is 2.45. The van der Waals surface area contributed by atoms with E-state index in [1.54, 1.807) is 13.0 Å². The van der Waals surface area contributed by atoms with Crippen molar-refractivity contribution in [3.8, 4) is 0 Å². The molecule has 0 N–H and O–H groups in total. The largest absolute Gasteiger partial charge is 0.381 e. The minimum absolute atomic E-state index is 0.00377. The number of morpholine rings is 1. The summed E-state index contributed by atoms with van der Waals surface area (Å²) >= 11 is 0. The Morgan fingerprint density at radius 3 is 2.74 bits per heavy atom. The standard InChI is InChI=1S/C16H23N3O4/c1-11-8-12(2)17-15(14(11)19(20)21)18-9-13(3)23-16(10-18)4-6-22-7-5-16/h8,13H,4-7,9-10H2,1-3H3. The van der Waals surface area contributed by atoms with E-state index in [9.17, 15) is 10.1 Å². The smallest absolute Gasteiger partial charge is 0.314 e. The van der Waals surface area contributed by atoms with Crippen molar-refractivity contribution in [3.63, 3.8) is 0 Å². The molecule has 3 rings (SSSR count). The number of anilines is 1. The summed E-state index contributed by atoms with van der Waals surface area (Å²) in [6.45, 7) is 8.22. The highest BCUT2D eigenvalue weighted by atomic mass is 16.6. The molecule has 23 heavy (non-hydrogen) atoms. The first-order chi connectivity index (χ1) is 10.9. The summed E-state index contributed by atoms with van der Waals surface area (Å²) in [6.07, 6.45) is 1.63. The van der Waals surface area contributed by atoms with E-state index in [1.165, 1.54) is 0 Å². The molecule has 0 amide bonds. The van der Waals surface area contributed by atoms with Crippen molar-refractivity contribution in [2.75, 3.05) is 31.2 Å². The molecule has 0 aliphatic carbocycles. The quantitative estimate of drug-likeness (QED) is 0.615. The molecule has 0 saturated carbocycles. The Bertz CT molecular complexity index is 614. The minimum atomic E-state index is -0.326. The van der Waals surface area contributed by atoms with Gasteiger partial charge in [0.05, 0.1) is 16.6 Å². The molecule has 1 spiro atoms. The molecule has 0 radical (unpaired) electrons. The maximum Gasteiger partial charge on any atom is 0.314 e. The monoisotopic (exact) mass is 321 g/mol. The highest BCUT2D eigenvalue weighted by molar-refractivity contribution is 5.63. The zero-order valence-corrected chi connectivity index (χ0v) is 13.9. The highest BCUT2D eigenvalue weighted by Gasteiger charge is 2.42. The van der Waals surface area contributed by atoms with Crippen LogP contribution in [0.3, 0.4) is 0 Å². The van der Waals surface area contributed by atoms with Crippen molar-refractivity contribution in [2.24, 2.45) is 0 Å². The predicted molar refractivity (Wildman–Crippen MR) is 85.9 cm³/mol. The summed E-state index contributed by atoms with van der Waals surface area (Å²) < 4.78 is 11.7. The van der Waals surface area contributed by atoms with Crippen LogP contribution in [0.4, 0.5) is 11.5 Å². The van der Waals surface area contributed by atoms with Crippen LogP contribution < -0.4 is 4.90 Å². The van der Waals surface area contributed by atoms with Gasteiger partial charge in [-0.1, -0.05) is 0 Å².